The van der Waals surface area contributed by atoms with Crippen LogP contribution >= 0.6 is 0 Å². The number of nitrogens with zero attached hydrogens (tertiary/aromatic N) is 2. The highest BCUT2D eigenvalue weighted by molar-refractivity contribution is 5.91. The number of nitro groups is 1. The number of benzene rings is 1. The molecular weight excluding hydrogens is 284 g/mol. The third-order valence-electron chi connectivity index (χ3n) is 3.01. The minimum Gasteiger partial charge on any atom is -0.378 e. The molecule has 1 heterocycles. The van der Waals surface area contributed by atoms with E-state index in [0.717, 1.165) is 16.7 Å². The number of rotatable bonds is 4. The van der Waals surface area contributed by atoms with Crippen LogP contribution in [0.1, 0.15) is 16.7 Å². The summed E-state index contributed by atoms with van der Waals surface area (Å²) in [6, 6.07) is 8.47. The molecule has 1 amide bonds. The number of aromatic nitrogens is 1. The molecule has 0 saturated carbocycles. The lowest BCUT2D eigenvalue weighted by Gasteiger charge is -2.07. The maximum atomic E-state index is 12.0. The second-order valence-corrected chi connectivity index (χ2v) is 5.08. The highest BCUT2D eigenvalue weighted by Gasteiger charge is 2.14. The number of amides is 1. The molecule has 0 bridgehead atoms. The van der Waals surface area contributed by atoms with E-state index in [-0.39, 0.29) is 29.7 Å². The maximum absolute atomic E-state index is 12.0. The van der Waals surface area contributed by atoms with Crippen LogP contribution in [0, 0.1) is 24.0 Å². The zero-order valence-electron chi connectivity index (χ0n) is 12.3. The van der Waals surface area contributed by atoms with Crippen LogP contribution in [0.25, 0.3) is 0 Å². The first-order valence-corrected chi connectivity index (χ1v) is 6.63. The molecule has 7 nitrogen and oxygen atoms in total. The minimum absolute atomic E-state index is 0.192. The number of anilines is 2. The van der Waals surface area contributed by atoms with Crippen molar-refractivity contribution in [3.8, 4) is 0 Å². The standard InChI is InChI=1S/C15H16N4O3/c1-9-5-10(2)7-11(6-9)8-14(20)17-13-4-3-12(19(21)22)15(16)18-13/h3-7H,8H2,1-2H3,(H3,16,17,18,20). The highest BCUT2D eigenvalue weighted by Crippen LogP contribution is 2.20. The lowest BCUT2D eigenvalue weighted by molar-refractivity contribution is -0.384. The largest absolute Gasteiger partial charge is 0.378 e. The van der Waals surface area contributed by atoms with Gasteiger partial charge in [-0.1, -0.05) is 29.3 Å². The number of nitrogens with two attached hydrogens (primary N) is 1. The second kappa shape index (κ2) is 6.21. The van der Waals surface area contributed by atoms with Crippen molar-refractivity contribution in [3.05, 3.63) is 57.1 Å². The fourth-order valence-electron chi connectivity index (χ4n) is 2.24. The van der Waals surface area contributed by atoms with E-state index < -0.39 is 4.92 Å². The Kier molecular flexibility index (Phi) is 4.36. The topological polar surface area (TPSA) is 111 Å². The molecule has 0 unspecified atom stereocenters. The number of aryl methyl sites for hydroxylation is 2. The molecule has 0 saturated heterocycles. The molecule has 0 aliphatic heterocycles. The van der Waals surface area contributed by atoms with Gasteiger partial charge in [0.25, 0.3) is 0 Å². The Hall–Kier alpha value is -2.96. The number of nitrogen functional groups attached to an aromatic ring is 1. The molecule has 1 aromatic heterocycles. The van der Waals surface area contributed by atoms with Crippen molar-refractivity contribution in [1.29, 1.82) is 0 Å². The first kappa shape index (κ1) is 15.4. The van der Waals surface area contributed by atoms with Crippen LogP contribution in [0.2, 0.25) is 0 Å². The second-order valence-electron chi connectivity index (χ2n) is 5.08. The minimum atomic E-state index is -0.622. The Bertz CT molecular complexity index is 723. The SMILES string of the molecule is Cc1cc(C)cc(CC(=O)Nc2ccc([N+](=O)[O-])c(N)n2)c1. The van der Waals surface area contributed by atoms with Crippen LogP contribution in [0.15, 0.2) is 30.3 Å². The summed E-state index contributed by atoms with van der Waals surface area (Å²) in [6.45, 7) is 3.93. The van der Waals surface area contributed by atoms with Gasteiger partial charge in [0.2, 0.25) is 11.7 Å². The molecule has 114 valence electrons. The summed E-state index contributed by atoms with van der Waals surface area (Å²) in [5.41, 5.74) is 8.26. The normalized spacial score (nSPS) is 10.3. The molecule has 0 aliphatic carbocycles. The Morgan fingerprint density at radius 3 is 2.45 bits per heavy atom. The average molecular weight is 300 g/mol. The predicted octanol–water partition coefficient (Wildman–Crippen LogP) is 2.37. The summed E-state index contributed by atoms with van der Waals surface area (Å²) >= 11 is 0. The molecule has 0 fully saturated rings. The summed E-state index contributed by atoms with van der Waals surface area (Å²) in [5, 5.41) is 13.2. The van der Waals surface area contributed by atoms with E-state index in [2.05, 4.69) is 10.3 Å². The van der Waals surface area contributed by atoms with Crippen molar-refractivity contribution < 1.29 is 9.72 Å². The van der Waals surface area contributed by atoms with E-state index in [1.54, 1.807) is 0 Å². The Balaban J connectivity index is 2.09. The van der Waals surface area contributed by atoms with Crippen LogP contribution in [0.3, 0.4) is 0 Å². The molecule has 22 heavy (non-hydrogen) atoms. The first-order chi connectivity index (χ1) is 10.3. The molecule has 2 rings (SSSR count). The van der Waals surface area contributed by atoms with Gasteiger partial charge in [-0.2, -0.15) is 0 Å². The molecular formula is C15H16N4O3. The molecule has 1 aromatic carbocycles. The lowest BCUT2D eigenvalue weighted by atomic mass is 10.0. The van der Waals surface area contributed by atoms with Crippen LogP contribution in [-0.4, -0.2) is 15.8 Å². The van der Waals surface area contributed by atoms with Gasteiger partial charge in [0.1, 0.15) is 5.82 Å². The average Bonchev–Trinajstić information content (AvgIpc) is 2.36. The molecule has 0 atom stereocenters. The van der Waals surface area contributed by atoms with Gasteiger partial charge in [-0.15, -0.1) is 0 Å². The first-order valence-electron chi connectivity index (χ1n) is 6.63. The van der Waals surface area contributed by atoms with Gasteiger partial charge in [0, 0.05) is 6.07 Å². The van der Waals surface area contributed by atoms with E-state index in [1.807, 2.05) is 32.0 Å². The van der Waals surface area contributed by atoms with Gasteiger partial charge >= 0.3 is 5.69 Å². The van der Waals surface area contributed by atoms with Crippen LogP contribution in [0.4, 0.5) is 17.3 Å². The summed E-state index contributed by atoms with van der Waals surface area (Å²) < 4.78 is 0. The number of pyridine rings is 1. The zero-order chi connectivity index (χ0) is 16.3. The van der Waals surface area contributed by atoms with E-state index in [4.69, 9.17) is 5.73 Å². The number of hydrogen-bond acceptors (Lipinski definition) is 5. The van der Waals surface area contributed by atoms with Crippen LogP contribution in [-0.2, 0) is 11.2 Å². The van der Waals surface area contributed by atoms with Gasteiger partial charge in [0.15, 0.2) is 0 Å². The fourth-order valence-corrected chi connectivity index (χ4v) is 2.24. The Morgan fingerprint density at radius 2 is 1.91 bits per heavy atom. The summed E-state index contributed by atoms with van der Waals surface area (Å²) in [4.78, 5) is 25.9. The van der Waals surface area contributed by atoms with Crippen molar-refractivity contribution in [1.82, 2.24) is 4.98 Å². The monoisotopic (exact) mass is 300 g/mol. The van der Waals surface area contributed by atoms with Crippen LogP contribution < -0.4 is 11.1 Å². The van der Waals surface area contributed by atoms with Crippen molar-refractivity contribution in [2.24, 2.45) is 0 Å². The van der Waals surface area contributed by atoms with E-state index >= 15 is 0 Å². The molecule has 0 aliphatic rings. The van der Waals surface area contributed by atoms with E-state index in [1.165, 1.54) is 12.1 Å². The van der Waals surface area contributed by atoms with Crippen molar-refractivity contribution in [2.75, 3.05) is 11.1 Å². The lowest BCUT2D eigenvalue weighted by Crippen LogP contribution is -2.16. The number of carbonyl (C=O) groups excluding carboxylic acids is 1. The molecule has 2 aromatic rings. The third-order valence-corrected chi connectivity index (χ3v) is 3.01. The fraction of sp³-hybridized carbons (Fsp3) is 0.200. The summed E-state index contributed by atoms with van der Waals surface area (Å²) in [7, 11) is 0. The molecule has 0 radical (unpaired) electrons. The Morgan fingerprint density at radius 1 is 1.27 bits per heavy atom. The van der Waals surface area contributed by atoms with Gasteiger partial charge < -0.3 is 11.1 Å². The summed E-state index contributed by atoms with van der Waals surface area (Å²) in [6.07, 6.45) is 0.196. The zero-order valence-corrected chi connectivity index (χ0v) is 12.3. The van der Waals surface area contributed by atoms with E-state index in [0.29, 0.717) is 0 Å². The van der Waals surface area contributed by atoms with Gasteiger partial charge in [-0.3, -0.25) is 14.9 Å². The quantitative estimate of drug-likeness (QED) is 0.665. The van der Waals surface area contributed by atoms with Crippen molar-refractivity contribution in [2.45, 2.75) is 20.3 Å². The third kappa shape index (κ3) is 3.78. The van der Waals surface area contributed by atoms with Gasteiger partial charge in [0.05, 0.1) is 11.3 Å². The summed E-state index contributed by atoms with van der Waals surface area (Å²) in [5.74, 6) is -0.294. The van der Waals surface area contributed by atoms with Crippen LogP contribution in [0.5, 0.6) is 0 Å². The van der Waals surface area contributed by atoms with Crippen molar-refractivity contribution >= 4 is 23.2 Å². The number of hydrogen-bond donors (Lipinski definition) is 2. The molecule has 0 spiro atoms. The smallest absolute Gasteiger partial charge is 0.311 e. The van der Waals surface area contributed by atoms with Gasteiger partial charge in [-0.25, -0.2) is 4.98 Å². The molecule has 7 heteroatoms. The predicted molar refractivity (Wildman–Crippen MR) is 83.6 cm³/mol. The highest BCUT2D eigenvalue weighted by atomic mass is 16.6. The van der Waals surface area contributed by atoms with E-state index in [9.17, 15) is 14.9 Å². The number of carbonyl (C=O) groups is 1. The maximum Gasteiger partial charge on any atom is 0.311 e. The Labute approximate surface area is 127 Å². The van der Waals surface area contributed by atoms with Crippen molar-refractivity contribution in [3.63, 3.8) is 0 Å². The number of nitrogens with one attached hydrogen (secondary N) is 1. The molecule has 3 N–H and O–H groups in total. The van der Waals surface area contributed by atoms with Gasteiger partial charge in [-0.05, 0) is 25.5 Å².